The molecule has 46 heavy (non-hydrogen) atoms. The number of phenols is 1. The summed E-state index contributed by atoms with van der Waals surface area (Å²) in [5.74, 6) is 0.606. The molecule has 0 unspecified atom stereocenters. The number of likely N-dealkylation sites (tertiary alicyclic amines) is 1. The van der Waals surface area contributed by atoms with Crippen LogP contribution in [-0.2, 0) is 38.8 Å². The van der Waals surface area contributed by atoms with E-state index in [0.29, 0.717) is 25.1 Å². The molecule has 3 aromatic carbocycles. The van der Waals surface area contributed by atoms with Crippen LogP contribution in [0.3, 0.4) is 0 Å². The van der Waals surface area contributed by atoms with Gasteiger partial charge in [0.1, 0.15) is 11.9 Å². The van der Waals surface area contributed by atoms with Crippen LogP contribution >= 0.6 is 0 Å². The summed E-state index contributed by atoms with van der Waals surface area (Å²) in [6, 6.07) is 21.2. The number of aromatic hydroxyl groups is 1. The first-order valence-electron chi connectivity index (χ1n) is 16.6. The van der Waals surface area contributed by atoms with Gasteiger partial charge in [-0.2, -0.15) is 4.31 Å². The molecule has 1 spiro atoms. The number of esters is 1. The Hall–Kier alpha value is -3.40. The van der Waals surface area contributed by atoms with Gasteiger partial charge in [-0.25, -0.2) is 8.42 Å². The summed E-state index contributed by atoms with van der Waals surface area (Å²) < 4.78 is 42.9. The van der Waals surface area contributed by atoms with Crippen LogP contribution in [0.1, 0.15) is 62.3 Å². The van der Waals surface area contributed by atoms with Gasteiger partial charge in [0.05, 0.1) is 11.8 Å². The lowest BCUT2D eigenvalue weighted by Crippen LogP contribution is -2.69. The Balaban J connectivity index is 1.30. The van der Waals surface area contributed by atoms with Gasteiger partial charge in [-0.3, -0.25) is 9.69 Å². The number of sulfonamides is 1. The molecule has 2 aliphatic heterocycles. The van der Waals surface area contributed by atoms with Gasteiger partial charge in [0, 0.05) is 48.7 Å². The summed E-state index contributed by atoms with van der Waals surface area (Å²) in [7, 11) is -3.72. The highest BCUT2D eigenvalue weighted by Gasteiger charge is 2.67. The summed E-state index contributed by atoms with van der Waals surface area (Å²) in [5, 5.41) is 11.4. The van der Waals surface area contributed by atoms with Crippen LogP contribution in [0, 0.1) is 11.8 Å². The zero-order valence-corrected chi connectivity index (χ0v) is 27.7. The van der Waals surface area contributed by atoms with Gasteiger partial charge in [-0.15, -0.1) is 0 Å². The monoisotopic (exact) mass is 644 g/mol. The van der Waals surface area contributed by atoms with Crippen molar-refractivity contribution in [3.8, 4) is 17.2 Å². The third-order valence-corrected chi connectivity index (χ3v) is 12.6. The van der Waals surface area contributed by atoms with Crippen LogP contribution in [0.4, 0.5) is 0 Å². The molecule has 1 saturated heterocycles. The molecule has 1 N–H and O–H groups in total. The molecule has 2 aliphatic carbocycles. The molecule has 0 aromatic heterocycles. The summed E-state index contributed by atoms with van der Waals surface area (Å²) in [4.78, 5) is 14.8. The Labute approximate surface area is 272 Å². The van der Waals surface area contributed by atoms with Gasteiger partial charge >= 0.3 is 5.97 Å². The van der Waals surface area contributed by atoms with Gasteiger partial charge in [-0.05, 0) is 61.6 Å². The molecule has 9 heteroatoms. The summed E-state index contributed by atoms with van der Waals surface area (Å²) in [5.41, 5.74) is 3.35. The van der Waals surface area contributed by atoms with Crippen LogP contribution in [-0.4, -0.2) is 66.5 Å². The number of piperidine rings is 1. The normalized spacial score (nSPS) is 26.5. The lowest BCUT2D eigenvalue weighted by atomic mass is 9.51. The number of carbonyl (C=O) groups excluding carboxylic acids is 1. The number of nitrogens with zero attached hydrogens (tertiary/aromatic N) is 2. The SMILES string of the molecule is CC(=O)Oc1cc(O)c2c3c1O[C@H]1[C@@H](N(CC(C)C)S(=O)(=O)Cc4ccccc4)CC[C@H]4[C@@H](C2)N(CCc2ccccc2)CC[C@@]341. The minimum absolute atomic E-state index is 0.0756. The average Bonchev–Trinajstić information content (AvgIpc) is 3.36. The number of benzene rings is 3. The zero-order chi connectivity index (χ0) is 32.2. The van der Waals surface area contributed by atoms with E-state index in [1.54, 1.807) is 4.31 Å². The molecule has 3 aromatic rings. The van der Waals surface area contributed by atoms with Crippen LogP contribution in [0.2, 0.25) is 0 Å². The highest BCUT2D eigenvalue weighted by atomic mass is 32.2. The van der Waals surface area contributed by atoms with Crippen molar-refractivity contribution in [2.24, 2.45) is 11.8 Å². The third kappa shape index (κ3) is 5.30. The van der Waals surface area contributed by atoms with Gasteiger partial charge < -0.3 is 14.6 Å². The van der Waals surface area contributed by atoms with E-state index in [2.05, 4.69) is 43.0 Å². The first-order chi connectivity index (χ1) is 22.1. The number of carbonyl (C=O) groups is 1. The van der Waals surface area contributed by atoms with Crippen molar-refractivity contribution in [3.63, 3.8) is 0 Å². The van der Waals surface area contributed by atoms with Crippen LogP contribution in [0.5, 0.6) is 17.2 Å². The van der Waals surface area contributed by atoms with Crippen molar-refractivity contribution < 1.29 is 27.8 Å². The summed E-state index contributed by atoms with van der Waals surface area (Å²) >= 11 is 0. The Morgan fingerprint density at radius 1 is 1.09 bits per heavy atom. The van der Waals surface area contributed by atoms with E-state index in [1.807, 2.05) is 36.4 Å². The van der Waals surface area contributed by atoms with E-state index in [4.69, 9.17) is 9.47 Å². The predicted octanol–water partition coefficient (Wildman–Crippen LogP) is 5.46. The second-order valence-corrected chi connectivity index (χ2v) is 15.9. The first kappa shape index (κ1) is 31.2. The molecule has 1 saturated carbocycles. The van der Waals surface area contributed by atoms with E-state index in [1.165, 1.54) is 18.6 Å². The van der Waals surface area contributed by atoms with Crippen LogP contribution < -0.4 is 9.47 Å². The molecule has 5 atom stereocenters. The molecule has 2 fully saturated rings. The number of phenolic OH excluding ortho intramolecular Hbond substituents is 1. The van der Waals surface area contributed by atoms with Gasteiger partial charge in [0.25, 0.3) is 0 Å². The standard InChI is InChI=1S/C37H44N2O6S/c1-24(2)22-39(46(42,43)23-27-12-8-5-9-13-27)30-15-14-29-31-20-28-32(41)21-33(44-25(3)40)35-34(28)37(29,36(30)45-35)17-19-38(31)18-16-26-10-6-4-7-11-26/h4-13,21,24,29-31,36,41H,14-20,22-23H2,1-3H3/t29-,30-,31+,36-,37-/m0/s1. The van der Waals surface area contributed by atoms with Crippen molar-refractivity contribution in [1.82, 2.24) is 9.21 Å². The maximum Gasteiger partial charge on any atom is 0.308 e. The molecule has 8 nitrogen and oxygen atoms in total. The third-order valence-electron chi connectivity index (χ3n) is 10.7. The number of hydrogen-bond donors (Lipinski definition) is 1. The average molecular weight is 645 g/mol. The molecular formula is C37H44N2O6S. The second-order valence-electron chi connectivity index (χ2n) is 14.0. The van der Waals surface area contributed by atoms with E-state index >= 15 is 0 Å². The highest BCUT2D eigenvalue weighted by Crippen LogP contribution is 2.66. The number of rotatable bonds is 10. The van der Waals surface area contributed by atoms with Crippen molar-refractivity contribution in [2.75, 3.05) is 19.6 Å². The molecule has 4 aliphatic rings. The van der Waals surface area contributed by atoms with Crippen LogP contribution in [0.15, 0.2) is 66.7 Å². The Morgan fingerprint density at radius 3 is 2.46 bits per heavy atom. The number of ether oxygens (including phenoxy) is 2. The fourth-order valence-electron chi connectivity index (χ4n) is 9.05. The maximum atomic E-state index is 14.3. The minimum Gasteiger partial charge on any atom is -0.508 e. The molecular weight excluding hydrogens is 600 g/mol. The number of hydrogen-bond acceptors (Lipinski definition) is 7. The Morgan fingerprint density at radius 2 is 1.78 bits per heavy atom. The van der Waals surface area contributed by atoms with Crippen molar-refractivity contribution in [1.29, 1.82) is 0 Å². The Bertz CT molecular complexity index is 1710. The quantitative estimate of drug-likeness (QED) is 0.232. The molecule has 7 rings (SSSR count). The zero-order valence-electron chi connectivity index (χ0n) is 26.9. The van der Waals surface area contributed by atoms with E-state index < -0.39 is 33.6 Å². The fourth-order valence-corrected chi connectivity index (χ4v) is 11.0. The molecule has 244 valence electrons. The fraction of sp³-hybridized carbons (Fsp3) is 0.486. The van der Waals surface area contributed by atoms with E-state index in [0.717, 1.165) is 49.0 Å². The van der Waals surface area contributed by atoms with Gasteiger partial charge in [-0.1, -0.05) is 74.5 Å². The smallest absolute Gasteiger partial charge is 0.308 e. The molecule has 0 amide bonds. The lowest BCUT2D eigenvalue weighted by molar-refractivity contribution is -0.132. The second kappa shape index (κ2) is 12.0. The molecule has 2 bridgehead atoms. The van der Waals surface area contributed by atoms with Gasteiger partial charge in [0.2, 0.25) is 10.0 Å². The van der Waals surface area contributed by atoms with Crippen LogP contribution in [0.25, 0.3) is 0 Å². The molecule has 0 radical (unpaired) electrons. The molecule has 2 heterocycles. The van der Waals surface area contributed by atoms with Crippen molar-refractivity contribution >= 4 is 16.0 Å². The van der Waals surface area contributed by atoms with E-state index in [9.17, 15) is 18.3 Å². The van der Waals surface area contributed by atoms with Gasteiger partial charge in [0.15, 0.2) is 11.5 Å². The maximum absolute atomic E-state index is 14.3. The van der Waals surface area contributed by atoms with Crippen molar-refractivity contribution in [3.05, 3.63) is 89.0 Å². The largest absolute Gasteiger partial charge is 0.508 e. The summed E-state index contributed by atoms with van der Waals surface area (Å²) in [6.07, 6.45) is 3.47. The topological polar surface area (TPSA) is 96.4 Å². The van der Waals surface area contributed by atoms with Crippen molar-refractivity contribution in [2.45, 2.75) is 82.2 Å². The van der Waals surface area contributed by atoms with E-state index in [-0.39, 0.29) is 35.1 Å². The summed E-state index contributed by atoms with van der Waals surface area (Å²) in [6.45, 7) is 7.59. The predicted molar refractivity (Wildman–Crippen MR) is 176 cm³/mol. The lowest BCUT2D eigenvalue weighted by Gasteiger charge is -2.60. The first-order valence-corrected chi connectivity index (χ1v) is 18.2. The Kier molecular flexibility index (Phi) is 8.14. The highest BCUT2D eigenvalue weighted by molar-refractivity contribution is 7.88. The minimum atomic E-state index is -3.72.